The lowest BCUT2D eigenvalue weighted by molar-refractivity contribution is -0.0249. The van der Waals surface area contributed by atoms with E-state index >= 15 is 0 Å². The van der Waals surface area contributed by atoms with Gasteiger partial charge in [-0.05, 0) is 48.0 Å². The van der Waals surface area contributed by atoms with Gasteiger partial charge in [0, 0.05) is 54.9 Å². The molecular weight excluding hydrogens is 542 g/mol. The SMILES string of the molecule is CN(C)c1ccc(-c2cccc(OC[C@@H]3CN(S(=O)(=O)c4c(C(N)=O)[nH]c5ccc(Cl)cc45)CCO3)c2)cn1. The number of anilines is 1. The highest BCUT2D eigenvalue weighted by atomic mass is 35.5. The zero-order valence-electron chi connectivity index (χ0n) is 21.4. The highest BCUT2D eigenvalue weighted by molar-refractivity contribution is 7.89. The van der Waals surface area contributed by atoms with Gasteiger partial charge in [-0.1, -0.05) is 23.7 Å². The number of sulfonamides is 1. The maximum atomic E-state index is 13.7. The molecule has 1 fully saturated rings. The lowest BCUT2D eigenvalue weighted by atomic mass is 10.1. The fourth-order valence-electron chi connectivity index (χ4n) is 4.50. The number of amides is 1. The number of morpholine rings is 1. The summed E-state index contributed by atoms with van der Waals surface area (Å²) in [6.07, 6.45) is 1.28. The van der Waals surface area contributed by atoms with Crippen molar-refractivity contribution < 1.29 is 22.7 Å². The summed E-state index contributed by atoms with van der Waals surface area (Å²) in [4.78, 5) is 21.2. The third kappa shape index (κ3) is 5.57. The molecule has 1 atom stereocenters. The number of aromatic nitrogens is 2. The zero-order chi connectivity index (χ0) is 27.7. The molecule has 5 rings (SSSR count). The van der Waals surface area contributed by atoms with E-state index in [-0.39, 0.29) is 36.9 Å². The topological polar surface area (TPSA) is 131 Å². The number of fused-ring (bicyclic) bond motifs is 1. The van der Waals surface area contributed by atoms with Crippen LogP contribution in [0.25, 0.3) is 22.0 Å². The molecule has 3 N–H and O–H groups in total. The number of H-pyrrole nitrogens is 1. The first-order valence-electron chi connectivity index (χ1n) is 12.2. The van der Waals surface area contributed by atoms with E-state index in [1.165, 1.54) is 10.4 Å². The highest BCUT2D eigenvalue weighted by Crippen LogP contribution is 2.32. The van der Waals surface area contributed by atoms with Gasteiger partial charge in [0.1, 0.15) is 34.9 Å². The molecule has 39 heavy (non-hydrogen) atoms. The second-order valence-electron chi connectivity index (χ2n) is 9.38. The molecule has 0 aliphatic carbocycles. The van der Waals surface area contributed by atoms with E-state index < -0.39 is 22.0 Å². The van der Waals surface area contributed by atoms with E-state index in [0.29, 0.717) is 21.7 Å². The number of hydrogen-bond acceptors (Lipinski definition) is 7. The predicted molar refractivity (Wildman–Crippen MR) is 150 cm³/mol. The number of hydrogen-bond donors (Lipinski definition) is 2. The standard InChI is InChI=1S/C27H28ClN5O5S/c1-32(2)24-9-6-18(14-30-24)17-4-3-5-20(12-17)38-16-21-15-33(10-11-37-21)39(35,36)26-22-13-19(28)7-8-23(22)31-25(26)27(29)34/h3-9,12-14,21,31H,10-11,15-16H2,1-2H3,(H2,29,34)/t21-/m0/s1. The average molecular weight is 570 g/mol. The Kier molecular flexibility index (Phi) is 7.50. The van der Waals surface area contributed by atoms with Crippen LogP contribution in [0.4, 0.5) is 5.82 Å². The van der Waals surface area contributed by atoms with Gasteiger partial charge >= 0.3 is 0 Å². The maximum Gasteiger partial charge on any atom is 0.266 e. The molecule has 0 radical (unpaired) electrons. The van der Waals surface area contributed by atoms with Gasteiger partial charge in [-0.3, -0.25) is 4.79 Å². The van der Waals surface area contributed by atoms with Crippen LogP contribution in [0.3, 0.4) is 0 Å². The van der Waals surface area contributed by atoms with Crippen LogP contribution < -0.4 is 15.4 Å². The molecule has 2 aromatic heterocycles. The highest BCUT2D eigenvalue weighted by Gasteiger charge is 2.36. The molecule has 1 aliphatic heterocycles. The Morgan fingerprint density at radius 2 is 2.03 bits per heavy atom. The van der Waals surface area contributed by atoms with Crippen LogP contribution in [0.15, 0.2) is 65.7 Å². The lowest BCUT2D eigenvalue weighted by Crippen LogP contribution is -2.47. The van der Waals surface area contributed by atoms with Gasteiger partial charge in [-0.2, -0.15) is 4.31 Å². The number of pyridine rings is 1. The number of halogens is 1. The summed E-state index contributed by atoms with van der Waals surface area (Å²) < 4.78 is 40.6. The van der Waals surface area contributed by atoms with Crippen LogP contribution in [-0.2, 0) is 14.8 Å². The summed E-state index contributed by atoms with van der Waals surface area (Å²) >= 11 is 6.13. The molecule has 1 aliphatic rings. The predicted octanol–water partition coefficient (Wildman–Crippen LogP) is 3.52. The fourth-order valence-corrected chi connectivity index (χ4v) is 6.46. The molecule has 1 saturated heterocycles. The van der Waals surface area contributed by atoms with Gasteiger partial charge < -0.3 is 25.1 Å². The first-order chi connectivity index (χ1) is 18.6. The number of nitrogens with two attached hydrogens (primary N) is 1. The van der Waals surface area contributed by atoms with E-state index in [1.807, 2.05) is 55.4 Å². The molecule has 3 heterocycles. The molecule has 1 amide bonds. The van der Waals surface area contributed by atoms with Gasteiger partial charge in [0.15, 0.2) is 0 Å². The van der Waals surface area contributed by atoms with Crippen molar-refractivity contribution in [2.24, 2.45) is 5.73 Å². The van der Waals surface area contributed by atoms with Crippen molar-refractivity contribution in [1.29, 1.82) is 0 Å². The minimum absolute atomic E-state index is 0.0450. The van der Waals surface area contributed by atoms with Crippen LogP contribution in [0.1, 0.15) is 10.5 Å². The monoisotopic (exact) mass is 569 g/mol. The molecule has 2 aromatic carbocycles. The molecule has 4 aromatic rings. The first kappa shape index (κ1) is 26.9. The van der Waals surface area contributed by atoms with Crippen LogP contribution in [-0.4, -0.2) is 75.1 Å². The molecular formula is C27H28ClN5O5S. The molecule has 0 spiro atoms. The number of nitrogens with zero attached hydrogens (tertiary/aromatic N) is 3. The van der Waals surface area contributed by atoms with Crippen LogP contribution in [0, 0.1) is 0 Å². The molecule has 204 valence electrons. The number of primary amides is 1. The van der Waals surface area contributed by atoms with Crippen molar-refractivity contribution in [2.45, 2.75) is 11.0 Å². The Hall–Kier alpha value is -3.64. The summed E-state index contributed by atoms with van der Waals surface area (Å²) in [6.45, 7) is 0.473. The summed E-state index contributed by atoms with van der Waals surface area (Å²) in [5.41, 5.74) is 7.67. The Balaban J connectivity index is 1.32. The average Bonchev–Trinajstić information content (AvgIpc) is 3.32. The number of ether oxygens (including phenoxy) is 2. The second kappa shape index (κ2) is 10.9. The molecule has 12 heteroatoms. The minimum atomic E-state index is -4.11. The number of carbonyl (C=O) groups excluding carboxylic acids is 1. The van der Waals surface area contributed by atoms with Crippen molar-refractivity contribution in [3.63, 3.8) is 0 Å². The van der Waals surface area contributed by atoms with Crippen LogP contribution in [0.5, 0.6) is 5.75 Å². The second-order valence-corrected chi connectivity index (χ2v) is 11.7. The molecule has 0 saturated carbocycles. The van der Waals surface area contributed by atoms with E-state index in [0.717, 1.165) is 16.9 Å². The third-order valence-corrected chi connectivity index (χ3v) is 8.65. The molecule has 10 nitrogen and oxygen atoms in total. The quantitative estimate of drug-likeness (QED) is 0.332. The van der Waals surface area contributed by atoms with Crippen molar-refractivity contribution in [3.05, 3.63) is 71.5 Å². The number of nitrogens with one attached hydrogen (secondary N) is 1. The van der Waals surface area contributed by atoms with E-state index in [4.69, 9.17) is 26.8 Å². The third-order valence-electron chi connectivity index (χ3n) is 6.47. The van der Waals surface area contributed by atoms with E-state index in [1.54, 1.807) is 18.3 Å². The summed E-state index contributed by atoms with van der Waals surface area (Å²) in [5, 5.41) is 0.648. The largest absolute Gasteiger partial charge is 0.491 e. The fraction of sp³-hybridized carbons (Fsp3) is 0.259. The van der Waals surface area contributed by atoms with Crippen molar-refractivity contribution in [1.82, 2.24) is 14.3 Å². The lowest BCUT2D eigenvalue weighted by Gasteiger charge is -2.32. The zero-order valence-corrected chi connectivity index (χ0v) is 23.0. The van der Waals surface area contributed by atoms with E-state index in [9.17, 15) is 13.2 Å². The Labute approximate surface area is 231 Å². The van der Waals surface area contributed by atoms with Gasteiger partial charge in [0.25, 0.3) is 5.91 Å². The van der Waals surface area contributed by atoms with Crippen molar-refractivity contribution in [3.8, 4) is 16.9 Å². The first-order valence-corrected chi connectivity index (χ1v) is 14.0. The van der Waals surface area contributed by atoms with Crippen LogP contribution in [0.2, 0.25) is 5.02 Å². The number of benzene rings is 2. The molecule has 0 unspecified atom stereocenters. The van der Waals surface area contributed by atoms with Crippen LogP contribution >= 0.6 is 11.6 Å². The smallest absolute Gasteiger partial charge is 0.266 e. The van der Waals surface area contributed by atoms with Gasteiger partial charge in [0.05, 0.1) is 6.61 Å². The Morgan fingerprint density at radius 3 is 2.74 bits per heavy atom. The van der Waals surface area contributed by atoms with Gasteiger partial charge in [0.2, 0.25) is 10.0 Å². The number of aromatic amines is 1. The summed E-state index contributed by atoms with van der Waals surface area (Å²) in [7, 11) is -0.242. The normalized spacial score (nSPS) is 16.3. The maximum absolute atomic E-state index is 13.7. The number of rotatable bonds is 8. The number of carbonyl (C=O) groups is 1. The molecule has 0 bridgehead atoms. The van der Waals surface area contributed by atoms with E-state index in [2.05, 4.69) is 9.97 Å². The van der Waals surface area contributed by atoms with Crippen molar-refractivity contribution >= 4 is 44.3 Å². The Morgan fingerprint density at radius 1 is 1.21 bits per heavy atom. The summed E-state index contributed by atoms with van der Waals surface area (Å²) in [6, 6.07) is 16.2. The van der Waals surface area contributed by atoms with Gasteiger partial charge in [-0.15, -0.1) is 0 Å². The summed E-state index contributed by atoms with van der Waals surface area (Å²) in [5.74, 6) is 0.606. The Bertz CT molecular complexity index is 1620. The minimum Gasteiger partial charge on any atom is -0.491 e. The van der Waals surface area contributed by atoms with Gasteiger partial charge in [-0.25, -0.2) is 13.4 Å². The van der Waals surface area contributed by atoms with Crippen molar-refractivity contribution in [2.75, 3.05) is 45.3 Å².